The van der Waals surface area contributed by atoms with E-state index < -0.39 is 15.5 Å². The summed E-state index contributed by atoms with van der Waals surface area (Å²) in [5.74, 6) is 2.48. The van der Waals surface area contributed by atoms with E-state index in [4.69, 9.17) is 6.42 Å². The van der Waals surface area contributed by atoms with Crippen molar-refractivity contribution in [2.75, 3.05) is 0 Å². The van der Waals surface area contributed by atoms with Gasteiger partial charge in [-0.25, -0.2) is 8.42 Å². The molecule has 68 valence electrons. The fourth-order valence-electron chi connectivity index (χ4n) is 1.82. The number of terminal acetylenes is 1. The minimum absolute atomic E-state index is 0.395. The normalized spacial score (nSPS) is 22.0. The van der Waals surface area contributed by atoms with E-state index in [0.29, 0.717) is 6.42 Å². The van der Waals surface area contributed by atoms with Gasteiger partial charge in [0.05, 0.1) is 4.75 Å². The molecule has 1 rings (SSSR count). The van der Waals surface area contributed by atoms with Crippen molar-refractivity contribution in [3.8, 4) is 12.3 Å². The monoisotopic (exact) mass is 186 g/mol. The minimum Gasteiger partial charge on any atom is -0.231 e. The Labute approximate surface area is 75.3 Å². The zero-order valence-corrected chi connectivity index (χ0v) is 7.98. The molecular weight excluding hydrogens is 172 g/mol. The van der Waals surface area contributed by atoms with Crippen LogP contribution in [0.5, 0.6) is 0 Å². The van der Waals surface area contributed by atoms with Gasteiger partial charge in [0.2, 0.25) is 0 Å². The van der Waals surface area contributed by atoms with Crippen molar-refractivity contribution in [2.24, 2.45) is 0 Å². The Morgan fingerprint density at radius 3 is 2.25 bits per heavy atom. The van der Waals surface area contributed by atoms with Crippen LogP contribution < -0.4 is 0 Å². The van der Waals surface area contributed by atoms with Crippen LogP contribution >= 0.6 is 0 Å². The summed E-state index contributed by atoms with van der Waals surface area (Å²) in [6.07, 6.45) is 10.2. The lowest BCUT2D eigenvalue weighted by Gasteiger charge is -2.29. The van der Waals surface area contributed by atoms with Crippen molar-refractivity contribution in [3.05, 3.63) is 0 Å². The van der Waals surface area contributed by atoms with Gasteiger partial charge in [0.25, 0.3) is 0 Å². The topological polar surface area (TPSA) is 34.1 Å². The lowest BCUT2D eigenvalue weighted by Crippen LogP contribution is -2.32. The predicted molar refractivity (Wildman–Crippen MR) is 49.6 cm³/mol. The van der Waals surface area contributed by atoms with Gasteiger partial charge in [0, 0.05) is 6.42 Å². The van der Waals surface area contributed by atoms with Crippen molar-refractivity contribution >= 4 is 10.7 Å². The Morgan fingerprint density at radius 1 is 1.25 bits per heavy atom. The van der Waals surface area contributed by atoms with Crippen LogP contribution in [0.25, 0.3) is 0 Å². The third kappa shape index (κ3) is 1.81. The zero-order valence-electron chi connectivity index (χ0n) is 7.08. The van der Waals surface area contributed by atoms with E-state index in [-0.39, 0.29) is 0 Å². The summed E-state index contributed by atoms with van der Waals surface area (Å²) in [5.41, 5.74) is 0. The Morgan fingerprint density at radius 2 is 1.83 bits per heavy atom. The van der Waals surface area contributed by atoms with E-state index in [1.807, 2.05) is 0 Å². The second kappa shape index (κ2) is 3.95. The van der Waals surface area contributed by atoms with Crippen LogP contribution in [0.1, 0.15) is 38.5 Å². The molecule has 0 atom stereocenters. The molecule has 0 aromatic heterocycles. The van der Waals surface area contributed by atoms with Crippen LogP contribution in [0.3, 0.4) is 0 Å². The van der Waals surface area contributed by atoms with Gasteiger partial charge < -0.3 is 0 Å². The molecule has 0 N–H and O–H groups in total. The van der Waals surface area contributed by atoms with Crippen molar-refractivity contribution in [3.63, 3.8) is 0 Å². The van der Waals surface area contributed by atoms with E-state index in [1.165, 1.54) is 0 Å². The molecule has 0 heterocycles. The molecule has 1 aliphatic carbocycles. The van der Waals surface area contributed by atoms with Crippen LogP contribution in [0, 0.1) is 12.3 Å². The summed E-state index contributed by atoms with van der Waals surface area (Å²) in [4.78, 5) is 0. The van der Waals surface area contributed by atoms with E-state index in [1.54, 1.807) is 0 Å². The van der Waals surface area contributed by atoms with Crippen LogP contribution in [-0.4, -0.2) is 13.2 Å². The molecule has 0 spiro atoms. The molecule has 0 bridgehead atoms. The lowest BCUT2D eigenvalue weighted by molar-refractivity contribution is 0.384. The Bertz CT molecular complexity index is 246. The average molecular weight is 186 g/mol. The van der Waals surface area contributed by atoms with Gasteiger partial charge >= 0.3 is 0 Å². The minimum atomic E-state index is -2.35. The molecule has 1 fully saturated rings. The highest BCUT2D eigenvalue weighted by Gasteiger charge is 2.34. The average Bonchev–Trinajstić information content (AvgIpc) is 2.06. The molecule has 12 heavy (non-hydrogen) atoms. The van der Waals surface area contributed by atoms with Gasteiger partial charge in [0.1, 0.15) is 10.7 Å². The highest BCUT2D eigenvalue weighted by atomic mass is 32.2. The third-order valence-electron chi connectivity index (χ3n) is 2.60. The summed E-state index contributed by atoms with van der Waals surface area (Å²) < 4.78 is 21.5. The van der Waals surface area contributed by atoms with Crippen LogP contribution in [0.2, 0.25) is 0 Å². The summed E-state index contributed by atoms with van der Waals surface area (Å²) >= 11 is 0. The fourth-order valence-corrected chi connectivity index (χ4v) is 2.73. The maximum absolute atomic E-state index is 11.0. The SMILES string of the molecule is C#CCC1([SH](=O)=O)CCCCC1. The Balaban J connectivity index is 2.78. The molecule has 1 aliphatic rings. The summed E-state index contributed by atoms with van der Waals surface area (Å²) in [6, 6.07) is 0. The standard InChI is InChI=1S/C9H14O2S/c1-2-6-9(12(10)11)7-4-3-5-8-9/h1,12H,3-8H2. The smallest absolute Gasteiger partial charge is 0.146 e. The number of hydrogen-bond donors (Lipinski definition) is 1. The summed E-state index contributed by atoms with van der Waals surface area (Å²) in [6.45, 7) is 0. The van der Waals surface area contributed by atoms with Crippen molar-refractivity contribution in [2.45, 2.75) is 43.3 Å². The van der Waals surface area contributed by atoms with Crippen LogP contribution in [-0.2, 0) is 10.7 Å². The van der Waals surface area contributed by atoms with E-state index in [0.717, 1.165) is 32.1 Å². The maximum Gasteiger partial charge on any atom is 0.146 e. The van der Waals surface area contributed by atoms with Gasteiger partial charge in [0.15, 0.2) is 0 Å². The fraction of sp³-hybridized carbons (Fsp3) is 0.778. The molecule has 2 nitrogen and oxygen atoms in total. The highest BCUT2D eigenvalue weighted by molar-refractivity contribution is 7.74. The number of thiol groups is 1. The number of rotatable bonds is 2. The second-order valence-electron chi connectivity index (χ2n) is 3.42. The van der Waals surface area contributed by atoms with Crippen LogP contribution in [0.4, 0.5) is 0 Å². The largest absolute Gasteiger partial charge is 0.231 e. The Hall–Kier alpha value is -0.490. The second-order valence-corrected chi connectivity index (χ2v) is 4.89. The molecule has 1 saturated carbocycles. The molecule has 0 radical (unpaired) electrons. The molecule has 0 aromatic carbocycles. The first-order chi connectivity index (χ1) is 5.71. The first kappa shape index (κ1) is 9.60. The zero-order chi connectivity index (χ0) is 9.03. The predicted octanol–water partition coefficient (Wildman–Crippen LogP) is 1.32. The quantitative estimate of drug-likeness (QED) is 0.521. The van der Waals surface area contributed by atoms with Gasteiger partial charge in [-0.1, -0.05) is 19.3 Å². The van der Waals surface area contributed by atoms with Gasteiger partial charge in [-0.2, -0.15) is 0 Å². The maximum atomic E-state index is 11.0. The molecule has 0 unspecified atom stereocenters. The van der Waals surface area contributed by atoms with Gasteiger partial charge in [-0.15, -0.1) is 12.3 Å². The van der Waals surface area contributed by atoms with Crippen molar-refractivity contribution < 1.29 is 8.42 Å². The molecule has 0 aliphatic heterocycles. The first-order valence-electron chi connectivity index (χ1n) is 4.29. The van der Waals surface area contributed by atoms with Crippen molar-refractivity contribution in [1.82, 2.24) is 0 Å². The van der Waals surface area contributed by atoms with Gasteiger partial charge in [-0.05, 0) is 12.8 Å². The highest BCUT2D eigenvalue weighted by Crippen LogP contribution is 2.33. The van der Waals surface area contributed by atoms with E-state index >= 15 is 0 Å². The van der Waals surface area contributed by atoms with E-state index in [2.05, 4.69) is 5.92 Å². The molecule has 3 heteroatoms. The molecule has 0 aromatic rings. The van der Waals surface area contributed by atoms with Crippen molar-refractivity contribution in [1.29, 1.82) is 0 Å². The first-order valence-corrected chi connectivity index (χ1v) is 5.47. The lowest BCUT2D eigenvalue weighted by atomic mass is 9.86. The van der Waals surface area contributed by atoms with Crippen LogP contribution in [0.15, 0.2) is 0 Å². The molecule has 0 saturated heterocycles. The molecule has 0 amide bonds. The number of hydrogen-bond acceptors (Lipinski definition) is 2. The summed E-state index contributed by atoms with van der Waals surface area (Å²) in [5, 5.41) is 0. The summed E-state index contributed by atoms with van der Waals surface area (Å²) in [7, 11) is -2.35. The molecular formula is C9H14O2S. The third-order valence-corrected chi connectivity index (χ3v) is 3.98. The van der Waals surface area contributed by atoms with Gasteiger partial charge in [-0.3, -0.25) is 0 Å². The van der Waals surface area contributed by atoms with E-state index in [9.17, 15) is 8.42 Å². The Kier molecular flexibility index (Phi) is 3.16.